The number of nitrogens with two attached hydrogens (primary N) is 1. The third-order valence-corrected chi connectivity index (χ3v) is 23.9. The minimum Gasteiger partial charge on any atom is -0.481 e. The predicted molar refractivity (Wildman–Crippen MR) is 505 cm³/mol. The van der Waals surface area contributed by atoms with E-state index in [1.54, 1.807) is 84.9 Å². The van der Waals surface area contributed by atoms with E-state index in [-0.39, 0.29) is 77.9 Å². The van der Waals surface area contributed by atoms with Crippen molar-refractivity contribution in [2.75, 3.05) is 157 Å². The number of amides is 12. The molecule has 9 N–H and O–H groups in total. The first-order valence-corrected chi connectivity index (χ1v) is 46.7. The molecule has 0 aliphatic rings. The van der Waals surface area contributed by atoms with Gasteiger partial charge < -0.3 is 95.6 Å². The summed E-state index contributed by atoms with van der Waals surface area (Å²) >= 11 is 20.7. The highest BCUT2D eigenvalue weighted by Crippen LogP contribution is 2.21. The van der Waals surface area contributed by atoms with Gasteiger partial charge >= 0.3 is 35.8 Å². The van der Waals surface area contributed by atoms with Gasteiger partial charge in [0.25, 0.3) is 0 Å². The smallest absolute Gasteiger partial charge is 0.305 e. The second-order valence-electron chi connectivity index (χ2n) is 30.7. The number of carbonyl (C=O) groups is 18. The zero-order chi connectivity index (χ0) is 97.8. The predicted octanol–water partition coefficient (Wildman–Crippen LogP) is 6.06. The molecule has 0 aliphatic carbocycles. The average Bonchev–Trinajstić information content (AvgIpc) is 0.849. The number of carbonyl (C=O) groups excluding carboxylic acids is 12. The molecule has 716 valence electrons. The molecule has 0 bridgehead atoms. The van der Waals surface area contributed by atoms with Crippen LogP contribution in [0.25, 0.3) is 0 Å². The van der Waals surface area contributed by atoms with Crippen LogP contribution >= 0.6 is 95.6 Å². The van der Waals surface area contributed by atoms with Crippen LogP contribution in [0.4, 0.5) is 0 Å². The van der Waals surface area contributed by atoms with Crippen molar-refractivity contribution in [3.63, 3.8) is 0 Å². The molecule has 133 heavy (non-hydrogen) atoms. The van der Waals surface area contributed by atoms with E-state index in [9.17, 15) is 87.9 Å². The highest BCUT2D eigenvalue weighted by molar-refractivity contribution is 9.11. The van der Waals surface area contributed by atoms with Crippen molar-refractivity contribution in [1.82, 2.24) is 59.2 Å². The van der Waals surface area contributed by atoms with Gasteiger partial charge in [0.15, 0.2) is 0 Å². The Bertz CT molecular complexity index is 5010. The van der Waals surface area contributed by atoms with E-state index in [4.69, 9.17) is 10.8 Å². The van der Waals surface area contributed by atoms with Gasteiger partial charge in [-0.25, -0.2) is 0 Å². The number of nitrogens with zero attached hydrogens (tertiary/aromatic N) is 11. The van der Waals surface area contributed by atoms with Gasteiger partial charge in [0.05, 0.1) is 117 Å². The molecule has 0 aromatic heterocycles. The lowest BCUT2D eigenvalue weighted by Gasteiger charge is -2.33. The van der Waals surface area contributed by atoms with Gasteiger partial charge in [-0.2, -0.15) is 0 Å². The first kappa shape index (κ1) is 110. The van der Waals surface area contributed by atoms with Crippen molar-refractivity contribution in [3.05, 3.63) is 206 Å². The maximum Gasteiger partial charge on any atom is 0.305 e. The molecule has 12 amide bonds. The first-order chi connectivity index (χ1) is 63.1. The fraction of sp³-hybridized carbons (Fsp3) is 0.400. The Labute approximate surface area is 818 Å². The minimum atomic E-state index is -1.53. The van der Waals surface area contributed by atoms with E-state index in [1.807, 2.05) is 60.7 Å². The van der Waals surface area contributed by atoms with Crippen LogP contribution in [-0.4, -0.2) is 348 Å². The zero-order valence-corrected chi connectivity index (χ0v) is 82.1. The van der Waals surface area contributed by atoms with Crippen LogP contribution in [0, 0.1) is 0 Å². The lowest BCUT2D eigenvalue weighted by atomic mass is 10.1. The summed E-state index contributed by atoms with van der Waals surface area (Å²) in [7, 11) is 0. The maximum absolute atomic E-state index is 15.7. The van der Waals surface area contributed by atoms with Crippen LogP contribution in [0.5, 0.6) is 0 Å². The lowest BCUT2D eigenvalue weighted by Crippen LogP contribution is -2.53. The molecule has 0 saturated heterocycles. The quantitative estimate of drug-likeness (QED) is 0.0201. The van der Waals surface area contributed by atoms with Crippen LogP contribution in [0.3, 0.4) is 0 Å². The number of halogens is 6. The molecule has 0 atom stereocenters. The van der Waals surface area contributed by atoms with Crippen LogP contribution in [0.15, 0.2) is 172 Å². The fourth-order valence-corrected chi connectivity index (χ4v) is 14.8. The molecule has 6 aromatic carbocycles. The third kappa shape index (κ3) is 43.0. The van der Waals surface area contributed by atoms with Gasteiger partial charge in [-0.3, -0.25) is 86.3 Å². The molecule has 0 aliphatic heterocycles. The number of carboxylic acid groups (broad SMARTS) is 6. The number of nitrogens with one attached hydrogen (secondary N) is 1. The van der Waals surface area contributed by atoms with Crippen molar-refractivity contribution in [2.24, 2.45) is 5.73 Å². The summed E-state index contributed by atoms with van der Waals surface area (Å²) in [6.45, 7) is -14.7. The number of rotatable bonds is 60. The summed E-state index contributed by atoms with van der Waals surface area (Å²) in [5.41, 5.74) is 10.2. The molecular formula is C90H105Br6N13O24. The summed E-state index contributed by atoms with van der Waals surface area (Å²) in [5.74, 6) is -19.9. The zero-order valence-electron chi connectivity index (χ0n) is 72.6. The van der Waals surface area contributed by atoms with E-state index in [0.717, 1.165) is 54.8 Å². The summed E-state index contributed by atoms with van der Waals surface area (Å²) < 4.78 is 4.50. The first-order valence-electron chi connectivity index (χ1n) is 42.0. The van der Waals surface area contributed by atoms with Crippen LogP contribution in [-0.2, 0) is 125 Å². The van der Waals surface area contributed by atoms with Crippen LogP contribution in [0.2, 0.25) is 0 Å². The average molecular weight is 2230 g/mol. The summed E-state index contributed by atoms with van der Waals surface area (Å²) in [6, 6.07) is 43.0. The number of aliphatic carboxylic acids is 6. The van der Waals surface area contributed by atoms with Gasteiger partial charge in [-0.1, -0.05) is 168 Å². The normalized spacial score (nSPS) is 10.8. The highest BCUT2D eigenvalue weighted by Gasteiger charge is 2.35. The van der Waals surface area contributed by atoms with Gasteiger partial charge in [-0.05, 0) is 145 Å². The molecule has 0 unspecified atom stereocenters. The van der Waals surface area contributed by atoms with E-state index in [2.05, 4.69) is 101 Å². The molecule has 6 rings (SSSR count). The molecule has 0 saturated carbocycles. The van der Waals surface area contributed by atoms with Crippen molar-refractivity contribution in [1.29, 1.82) is 0 Å². The van der Waals surface area contributed by atoms with E-state index in [1.165, 1.54) is 24.5 Å². The summed E-state index contributed by atoms with van der Waals surface area (Å²) in [5, 5.41) is 60.6. The van der Waals surface area contributed by atoms with Crippen LogP contribution in [0.1, 0.15) is 71.9 Å². The van der Waals surface area contributed by atoms with E-state index >= 15 is 24.0 Å². The van der Waals surface area contributed by atoms with Gasteiger partial charge in [0.2, 0.25) is 70.9 Å². The Hall–Kier alpha value is -11.4. The van der Waals surface area contributed by atoms with Crippen molar-refractivity contribution in [2.45, 2.75) is 77.0 Å². The van der Waals surface area contributed by atoms with Crippen molar-refractivity contribution < 1.29 is 117 Å². The molecule has 0 radical (unpaired) electrons. The Morgan fingerprint density at radius 2 is 0.353 bits per heavy atom. The van der Waals surface area contributed by atoms with Gasteiger partial charge in [0, 0.05) is 105 Å². The molecule has 0 heterocycles. The Morgan fingerprint density at radius 3 is 0.504 bits per heavy atom. The fourth-order valence-electron chi connectivity index (χ4n) is 13.2. The second kappa shape index (κ2) is 57.9. The third-order valence-electron chi connectivity index (χ3n) is 20.8. The Morgan fingerprint density at radius 1 is 0.211 bits per heavy atom. The number of hydrogen-bond acceptors (Lipinski definition) is 19. The van der Waals surface area contributed by atoms with Crippen LogP contribution < -0.4 is 11.1 Å². The molecule has 0 fully saturated rings. The molecule has 0 spiro atoms. The van der Waals surface area contributed by atoms with Crippen molar-refractivity contribution >= 4 is 202 Å². The molecular weight excluding hydrogens is 2130 g/mol. The lowest BCUT2D eigenvalue weighted by molar-refractivity contribution is -0.150. The number of carboxylic acids is 6. The van der Waals surface area contributed by atoms with E-state index in [0.29, 0.717) is 41.2 Å². The SMILES string of the molecule is NC(=O)CN(CCc1ccc(Br)cc1)C(=O)CN(CCc1ccc(Br)cc1)C(=O)CN(CCc1ccc(Br)cc1)C(=O)CN(CCc1ccc(Br)cc1)C(=O)CN(CCc1ccc(Br)cc1)C(=O)CN(CCc1ccc(Br)cc1)C(=O)CN(CCC(=O)O)C(=O)CN(CCC(=O)O)C(=O)CN(CCC(=O)O)C(=O)CN(CCC(=O)O)C(=O)CN(CCC(=O)O)C(=O)CNCCC(=O)O. The minimum absolute atomic E-state index is 0.0283. The summed E-state index contributed by atoms with van der Waals surface area (Å²) in [6.07, 6.45) is -3.59. The number of primary amides is 1. The number of benzene rings is 6. The molecule has 6 aromatic rings. The second-order valence-corrected chi connectivity index (χ2v) is 36.2. The van der Waals surface area contributed by atoms with Crippen molar-refractivity contribution in [3.8, 4) is 0 Å². The Balaban J connectivity index is 1.36. The topological polar surface area (TPSA) is 502 Å². The largest absolute Gasteiger partial charge is 0.481 e. The molecule has 37 nitrogen and oxygen atoms in total. The summed E-state index contributed by atoms with van der Waals surface area (Å²) in [4.78, 5) is 258. The number of hydrogen-bond donors (Lipinski definition) is 8. The monoisotopic (exact) mass is 2230 g/mol. The maximum atomic E-state index is 15.7. The van der Waals surface area contributed by atoms with E-state index < -0.39 is 256 Å². The Kier molecular flexibility index (Phi) is 48.1. The standard InChI is InChI=1S/C90H105Br6N13O24/c91-67-13-1-61(2-14-67)26-38-99(50-73(97)110)75(112)52-101(39-27-62-3-15-68(92)16-4-62)77(114)53-102(40-28-63-5-17-69(93)18-6-63)78(115)54-103(41-29-64-7-19-70(94)20-8-64)79(116)55-104(42-30-65-9-21-71(95)22-10-65)80(117)56-105(43-31-66-11-23-72(96)24-12-66)81(118)57-107(46-34-88(128)129)83(120)59-109(48-36-90(132)133)84(121)60-108(47-35-89(130)131)82(119)58-106(45-33-87(126)127)76(113)51-100(44-32-86(124)125)74(111)49-98-37-25-85(122)123/h1-24,98H,25-60H2,(H2,97,110)(H,122,123)(H,124,125)(H,126,127)(H,128,129)(H,130,131)(H,132,133). The highest BCUT2D eigenvalue weighted by atomic mass is 79.9. The van der Waals surface area contributed by atoms with Gasteiger partial charge in [0.1, 0.15) is 0 Å². The van der Waals surface area contributed by atoms with Gasteiger partial charge in [-0.15, -0.1) is 0 Å². The molecule has 43 heteroatoms.